The summed E-state index contributed by atoms with van der Waals surface area (Å²) >= 11 is 0. The van der Waals surface area contributed by atoms with Gasteiger partial charge in [-0.1, -0.05) is 26.7 Å². The van der Waals surface area contributed by atoms with E-state index in [1.807, 2.05) is 6.92 Å². The molecule has 1 atom stereocenters. The Balaban J connectivity index is 1.86. The highest BCUT2D eigenvalue weighted by molar-refractivity contribution is 5.95. The van der Waals surface area contributed by atoms with E-state index in [2.05, 4.69) is 19.2 Å². The molecule has 0 aliphatic carbocycles. The molecule has 1 unspecified atom stereocenters. The number of benzene rings is 1. The predicted octanol–water partition coefficient (Wildman–Crippen LogP) is 3.59. The zero-order valence-corrected chi connectivity index (χ0v) is 14.2. The lowest BCUT2D eigenvalue weighted by Crippen LogP contribution is -2.32. The smallest absolute Gasteiger partial charge is 0.414 e. The highest BCUT2D eigenvalue weighted by Gasteiger charge is 2.23. The molecule has 23 heavy (non-hydrogen) atoms. The molecular weight excluding hydrogens is 292 g/mol. The van der Waals surface area contributed by atoms with Crippen molar-refractivity contribution in [1.82, 2.24) is 5.32 Å². The number of hydrogen-bond acceptors (Lipinski definition) is 3. The van der Waals surface area contributed by atoms with Crippen molar-refractivity contribution >= 4 is 17.7 Å². The van der Waals surface area contributed by atoms with Crippen molar-refractivity contribution in [3.05, 3.63) is 29.8 Å². The molecule has 0 spiro atoms. The van der Waals surface area contributed by atoms with Crippen LogP contribution in [-0.2, 0) is 4.74 Å². The molecule has 1 saturated heterocycles. The number of rotatable bonds is 7. The minimum Gasteiger partial charge on any atom is -0.447 e. The number of anilines is 1. The Morgan fingerprint density at radius 2 is 1.91 bits per heavy atom. The van der Waals surface area contributed by atoms with Gasteiger partial charge in [-0.3, -0.25) is 9.69 Å². The van der Waals surface area contributed by atoms with E-state index < -0.39 is 0 Å². The second-order valence-electron chi connectivity index (χ2n) is 6.51. The van der Waals surface area contributed by atoms with E-state index >= 15 is 0 Å². The second kappa shape index (κ2) is 7.99. The number of nitrogens with zero attached hydrogens (tertiary/aromatic N) is 1. The van der Waals surface area contributed by atoms with Crippen LogP contribution < -0.4 is 10.2 Å². The molecule has 1 aromatic rings. The van der Waals surface area contributed by atoms with Crippen molar-refractivity contribution in [2.24, 2.45) is 5.92 Å². The summed E-state index contributed by atoms with van der Waals surface area (Å²) in [6.45, 7) is 7.42. The quantitative estimate of drug-likeness (QED) is 0.836. The van der Waals surface area contributed by atoms with Crippen molar-refractivity contribution in [3.63, 3.8) is 0 Å². The van der Waals surface area contributed by atoms with Crippen LogP contribution in [0.1, 0.15) is 50.4 Å². The molecule has 0 saturated carbocycles. The van der Waals surface area contributed by atoms with Crippen LogP contribution in [0.3, 0.4) is 0 Å². The lowest BCUT2D eigenvalue weighted by molar-refractivity contribution is 0.0937. The maximum absolute atomic E-state index is 12.2. The third-order valence-electron chi connectivity index (χ3n) is 4.00. The molecule has 2 amide bonds. The Hall–Kier alpha value is -2.04. The standard InChI is InChI=1S/C18H26N2O3/c1-13(2)5-4-6-14(3)19-17(21)15-7-9-16(10-8-15)20-11-12-23-18(20)22/h7-10,13-14H,4-6,11-12H2,1-3H3,(H,19,21). The van der Waals surface area contributed by atoms with Gasteiger partial charge in [0.2, 0.25) is 0 Å². The van der Waals surface area contributed by atoms with Gasteiger partial charge in [-0.2, -0.15) is 0 Å². The third-order valence-corrected chi connectivity index (χ3v) is 4.00. The lowest BCUT2D eigenvalue weighted by atomic mass is 10.0. The molecule has 126 valence electrons. The molecule has 0 aromatic heterocycles. The van der Waals surface area contributed by atoms with E-state index in [1.165, 1.54) is 6.42 Å². The monoisotopic (exact) mass is 318 g/mol. The topological polar surface area (TPSA) is 58.6 Å². The van der Waals surface area contributed by atoms with Crippen LogP contribution in [0.4, 0.5) is 10.5 Å². The number of nitrogens with one attached hydrogen (secondary N) is 1. The first kappa shape index (κ1) is 17.3. The maximum Gasteiger partial charge on any atom is 0.414 e. The number of amides is 2. The van der Waals surface area contributed by atoms with Crippen molar-refractivity contribution in [2.75, 3.05) is 18.1 Å². The van der Waals surface area contributed by atoms with Gasteiger partial charge in [-0.05, 0) is 43.5 Å². The molecule has 1 fully saturated rings. The molecule has 5 nitrogen and oxygen atoms in total. The van der Waals surface area contributed by atoms with E-state index in [1.54, 1.807) is 29.2 Å². The van der Waals surface area contributed by atoms with Gasteiger partial charge < -0.3 is 10.1 Å². The van der Waals surface area contributed by atoms with Gasteiger partial charge in [0.25, 0.3) is 5.91 Å². The molecule has 1 aliphatic heterocycles. The van der Waals surface area contributed by atoms with E-state index in [0.29, 0.717) is 24.6 Å². The largest absolute Gasteiger partial charge is 0.447 e. The number of cyclic esters (lactones) is 1. The molecule has 2 rings (SSSR count). The van der Waals surface area contributed by atoms with Gasteiger partial charge in [-0.15, -0.1) is 0 Å². The Labute approximate surface area is 138 Å². The summed E-state index contributed by atoms with van der Waals surface area (Å²) in [4.78, 5) is 25.3. The number of hydrogen-bond donors (Lipinski definition) is 1. The van der Waals surface area contributed by atoms with E-state index in [4.69, 9.17) is 4.74 Å². The summed E-state index contributed by atoms with van der Waals surface area (Å²) in [5.74, 6) is 0.625. The maximum atomic E-state index is 12.2. The van der Waals surface area contributed by atoms with E-state index in [0.717, 1.165) is 18.5 Å². The second-order valence-corrected chi connectivity index (χ2v) is 6.51. The molecule has 1 aliphatic rings. The van der Waals surface area contributed by atoms with E-state index in [-0.39, 0.29) is 18.0 Å². The van der Waals surface area contributed by atoms with Gasteiger partial charge in [0, 0.05) is 17.3 Å². The molecule has 0 bridgehead atoms. The van der Waals surface area contributed by atoms with Gasteiger partial charge >= 0.3 is 6.09 Å². The van der Waals surface area contributed by atoms with Crippen molar-refractivity contribution < 1.29 is 14.3 Å². The van der Waals surface area contributed by atoms with Gasteiger partial charge in [0.15, 0.2) is 0 Å². The summed E-state index contributed by atoms with van der Waals surface area (Å²) < 4.78 is 4.91. The number of ether oxygens (including phenoxy) is 1. The summed E-state index contributed by atoms with van der Waals surface area (Å²) in [5.41, 5.74) is 1.37. The van der Waals surface area contributed by atoms with Crippen molar-refractivity contribution in [1.29, 1.82) is 0 Å². The highest BCUT2D eigenvalue weighted by Crippen LogP contribution is 2.19. The van der Waals surface area contributed by atoms with E-state index in [9.17, 15) is 9.59 Å². The summed E-state index contributed by atoms with van der Waals surface area (Å²) in [6.07, 6.45) is 2.96. The number of carbonyl (C=O) groups excluding carboxylic acids is 2. The zero-order chi connectivity index (χ0) is 16.8. The first-order chi connectivity index (χ1) is 11.0. The Kier molecular flexibility index (Phi) is 6.02. The molecule has 5 heteroatoms. The summed E-state index contributed by atoms with van der Waals surface area (Å²) in [6, 6.07) is 7.22. The fourth-order valence-corrected chi connectivity index (χ4v) is 2.63. The average molecular weight is 318 g/mol. The van der Waals surface area contributed by atoms with Crippen LogP contribution >= 0.6 is 0 Å². The SMILES string of the molecule is CC(C)CCCC(C)NC(=O)c1ccc(N2CCOC2=O)cc1. The van der Waals surface area contributed by atoms with Crippen molar-refractivity contribution in [2.45, 2.75) is 46.1 Å². The first-order valence-electron chi connectivity index (χ1n) is 8.32. The third kappa shape index (κ3) is 4.98. The van der Waals surface area contributed by atoms with Crippen molar-refractivity contribution in [3.8, 4) is 0 Å². The molecule has 1 heterocycles. The lowest BCUT2D eigenvalue weighted by Gasteiger charge is -2.16. The van der Waals surface area contributed by atoms with Gasteiger partial charge in [0.1, 0.15) is 6.61 Å². The zero-order valence-electron chi connectivity index (χ0n) is 14.2. The normalized spacial score (nSPS) is 15.7. The Morgan fingerprint density at radius 3 is 2.48 bits per heavy atom. The minimum atomic E-state index is -0.332. The first-order valence-corrected chi connectivity index (χ1v) is 8.32. The Bertz CT molecular complexity index is 540. The Morgan fingerprint density at radius 1 is 1.22 bits per heavy atom. The van der Waals surface area contributed by atoms with Gasteiger partial charge in [0.05, 0.1) is 6.54 Å². The van der Waals surface area contributed by atoms with Crippen LogP contribution in [0.2, 0.25) is 0 Å². The molecular formula is C18H26N2O3. The van der Waals surface area contributed by atoms with Crippen LogP contribution in [0.25, 0.3) is 0 Å². The van der Waals surface area contributed by atoms with Crippen LogP contribution in [-0.4, -0.2) is 31.2 Å². The summed E-state index contributed by atoms with van der Waals surface area (Å²) in [5, 5.41) is 3.02. The fraction of sp³-hybridized carbons (Fsp3) is 0.556. The minimum absolute atomic E-state index is 0.0717. The highest BCUT2D eigenvalue weighted by atomic mass is 16.6. The molecule has 1 aromatic carbocycles. The molecule has 1 N–H and O–H groups in total. The number of carbonyl (C=O) groups is 2. The van der Waals surface area contributed by atoms with Crippen LogP contribution in [0, 0.1) is 5.92 Å². The fourth-order valence-electron chi connectivity index (χ4n) is 2.63. The summed E-state index contributed by atoms with van der Waals surface area (Å²) in [7, 11) is 0. The van der Waals surface area contributed by atoms with Gasteiger partial charge in [-0.25, -0.2) is 4.79 Å². The predicted molar refractivity (Wildman–Crippen MR) is 90.8 cm³/mol. The van der Waals surface area contributed by atoms with Crippen LogP contribution in [0.15, 0.2) is 24.3 Å². The average Bonchev–Trinajstić information content (AvgIpc) is 2.93. The van der Waals surface area contributed by atoms with Crippen LogP contribution in [0.5, 0.6) is 0 Å². The molecule has 0 radical (unpaired) electrons.